The van der Waals surface area contributed by atoms with Crippen molar-refractivity contribution in [2.24, 2.45) is 0 Å². The number of benzene rings is 1. The van der Waals surface area contributed by atoms with E-state index in [0.717, 1.165) is 12.1 Å². The Hall–Kier alpha value is -1.02. The molecule has 0 aliphatic carbocycles. The van der Waals surface area contributed by atoms with Crippen LogP contribution in [0.1, 0.15) is 44.4 Å². The highest BCUT2D eigenvalue weighted by Gasteiger charge is 2.39. The van der Waals surface area contributed by atoms with Gasteiger partial charge in [0.2, 0.25) is 0 Å². The Morgan fingerprint density at radius 1 is 0.833 bits per heavy atom. The Labute approximate surface area is 138 Å². The van der Waals surface area contributed by atoms with Gasteiger partial charge in [0.05, 0.1) is 11.1 Å². The first-order valence-electron chi connectivity index (χ1n) is 7.68. The molecule has 0 amide bonds. The van der Waals surface area contributed by atoms with Gasteiger partial charge in [-0.25, -0.2) is 0 Å². The number of alkyl halides is 6. The van der Waals surface area contributed by atoms with Gasteiger partial charge in [-0.3, -0.25) is 0 Å². The van der Waals surface area contributed by atoms with E-state index in [0.29, 0.717) is 0 Å². The second kappa shape index (κ2) is 7.07. The molecule has 0 radical (unpaired) electrons. The van der Waals surface area contributed by atoms with Crippen LogP contribution in [0.5, 0.6) is 0 Å². The fourth-order valence-corrected chi connectivity index (χ4v) is 5.93. The molecule has 24 heavy (non-hydrogen) atoms. The summed E-state index contributed by atoms with van der Waals surface area (Å²) in [6.07, 6.45) is -9.70. The normalized spacial score (nSPS) is 13.9. The molecular weight excluding hydrogens is 350 g/mol. The smallest absolute Gasteiger partial charge is 0.416 e. The molecule has 0 atom stereocenters. The summed E-state index contributed by atoms with van der Waals surface area (Å²) < 4.78 is 77.2. The molecule has 0 spiro atoms. The van der Waals surface area contributed by atoms with Crippen molar-refractivity contribution in [1.29, 1.82) is 0 Å². The van der Waals surface area contributed by atoms with Crippen molar-refractivity contribution in [3.05, 3.63) is 34.9 Å². The molecule has 1 N–H and O–H groups in total. The maximum atomic E-state index is 12.9. The van der Waals surface area contributed by atoms with Crippen molar-refractivity contribution in [2.45, 2.75) is 63.6 Å². The summed E-state index contributed by atoms with van der Waals surface area (Å²) in [5.74, 6) is 0. The molecule has 0 aliphatic rings. The summed E-state index contributed by atoms with van der Waals surface area (Å²) in [6.45, 7) is 7.33. The number of aryl methyl sites for hydroxylation is 1. The molecule has 0 aromatic heterocycles. The van der Waals surface area contributed by atoms with E-state index in [4.69, 9.17) is 0 Å². The van der Waals surface area contributed by atoms with E-state index in [1.54, 1.807) is 0 Å². The lowest BCUT2D eigenvalue weighted by atomic mass is 10.0. The summed E-state index contributed by atoms with van der Waals surface area (Å²) in [5, 5.41) is 0. The van der Waals surface area contributed by atoms with Gasteiger partial charge in [0.15, 0.2) is 8.32 Å². The number of rotatable bonds is 5. The average molecular weight is 372 g/mol. The molecule has 0 saturated carbocycles. The molecule has 1 aromatic rings. The molecule has 0 saturated heterocycles. The molecule has 0 aliphatic heterocycles. The summed E-state index contributed by atoms with van der Waals surface area (Å²) in [4.78, 5) is 10.8. The molecular formula is C16H22F6OSi. The van der Waals surface area contributed by atoms with Crippen LogP contribution in [0.4, 0.5) is 26.3 Å². The first-order chi connectivity index (χ1) is 10.7. The first-order valence-corrected chi connectivity index (χ1v) is 9.99. The molecule has 138 valence electrons. The average Bonchev–Trinajstić information content (AvgIpc) is 2.42. The highest BCUT2D eigenvalue weighted by atomic mass is 28.4. The highest BCUT2D eigenvalue weighted by molar-refractivity contribution is 6.75. The van der Waals surface area contributed by atoms with Crippen molar-refractivity contribution < 1.29 is 31.1 Å². The van der Waals surface area contributed by atoms with Gasteiger partial charge in [0.25, 0.3) is 0 Å². The van der Waals surface area contributed by atoms with Gasteiger partial charge in [-0.2, -0.15) is 26.3 Å². The van der Waals surface area contributed by atoms with E-state index in [1.807, 2.05) is 27.7 Å². The zero-order valence-electron chi connectivity index (χ0n) is 14.0. The number of hydrogen-bond donors (Lipinski definition) is 1. The minimum atomic E-state index is -4.85. The van der Waals surface area contributed by atoms with Crippen LogP contribution in [0.3, 0.4) is 0 Å². The molecule has 8 heteroatoms. The minimum absolute atomic E-state index is 0.00785. The zero-order chi connectivity index (χ0) is 18.9. The lowest BCUT2D eigenvalue weighted by Crippen LogP contribution is -2.41. The lowest BCUT2D eigenvalue weighted by molar-refractivity contribution is -0.143. The molecule has 0 unspecified atom stereocenters. The third-order valence-corrected chi connectivity index (χ3v) is 9.51. The summed E-state index contributed by atoms with van der Waals surface area (Å²) in [5.41, 5.74) is -2.75. The minimum Gasteiger partial charge on any atom is -0.431 e. The van der Waals surface area contributed by atoms with Crippen LogP contribution in [-0.2, 0) is 18.8 Å². The molecule has 0 bridgehead atoms. The fraction of sp³-hybridized carbons (Fsp3) is 0.625. The molecule has 1 aromatic carbocycles. The van der Waals surface area contributed by atoms with Gasteiger partial charge < -0.3 is 4.80 Å². The van der Waals surface area contributed by atoms with Crippen LogP contribution in [-0.4, -0.2) is 13.1 Å². The predicted molar refractivity (Wildman–Crippen MR) is 83.1 cm³/mol. The summed E-state index contributed by atoms with van der Waals surface area (Å²) >= 11 is 0. The Balaban J connectivity index is 3.20. The van der Waals surface area contributed by atoms with Crippen molar-refractivity contribution in [1.82, 2.24) is 0 Å². The van der Waals surface area contributed by atoms with Crippen LogP contribution in [0.2, 0.25) is 17.1 Å². The summed E-state index contributed by atoms with van der Waals surface area (Å²) in [7, 11) is -2.78. The van der Waals surface area contributed by atoms with E-state index in [9.17, 15) is 31.1 Å². The molecule has 1 nitrogen and oxygen atoms in total. The van der Waals surface area contributed by atoms with Crippen LogP contribution in [0.25, 0.3) is 0 Å². The standard InChI is InChI=1S/C16H22F6OSi/c1-10(2)24(23,11(3)4)6-5-12-7-13(15(17,18)19)9-14(8-12)16(20,21)22/h7-11,23H,5-6H2,1-4H3. The maximum absolute atomic E-state index is 12.9. The van der Waals surface area contributed by atoms with E-state index in [2.05, 4.69) is 0 Å². The molecule has 0 fully saturated rings. The summed E-state index contributed by atoms with van der Waals surface area (Å²) in [6, 6.07) is 1.83. The molecule has 1 rings (SSSR count). The van der Waals surface area contributed by atoms with Crippen molar-refractivity contribution in [3.8, 4) is 0 Å². The van der Waals surface area contributed by atoms with Gasteiger partial charge in [-0.1, -0.05) is 27.7 Å². The van der Waals surface area contributed by atoms with Crippen molar-refractivity contribution >= 4 is 8.32 Å². The van der Waals surface area contributed by atoms with Crippen LogP contribution >= 0.6 is 0 Å². The van der Waals surface area contributed by atoms with Crippen molar-refractivity contribution in [3.63, 3.8) is 0 Å². The van der Waals surface area contributed by atoms with E-state index in [1.165, 1.54) is 0 Å². The van der Waals surface area contributed by atoms with Gasteiger partial charge in [-0.05, 0) is 47.3 Å². The second-order valence-corrected chi connectivity index (χ2v) is 11.5. The van der Waals surface area contributed by atoms with Crippen LogP contribution in [0, 0.1) is 0 Å². The van der Waals surface area contributed by atoms with Gasteiger partial charge in [-0.15, -0.1) is 0 Å². The fourth-order valence-electron chi connectivity index (χ4n) is 2.75. The Morgan fingerprint density at radius 2 is 1.21 bits per heavy atom. The lowest BCUT2D eigenvalue weighted by Gasteiger charge is -2.33. The quantitative estimate of drug-likeness (QED) is 0.495. The predicted octanol–water partition coefficient (Wildman–Crippen LogP) is 6.02. The largest absolute Gasteiger partial charge is 0.431 e. The van der Waals surface area contributed by atoms with E-state index >= 15 is 0 Å². The zero-order valence-corrected chi connectivity index (χ0v) is 15.0. The topological polar surface area (TPSA) is 20.2 Å². The Kier molecular flexibility index (Phi) is 6.19. The monoisotopic (exact) mass is 372 g/mol. The first kappa shape index (κ1) is 21.0. The van der Waals surface area contributed by atoms with Gasteiger partial charge in [0.1, 0.15) is 0 Å². The highest BCUT2D eigenvalue weighted by Crippen LogP contribution is 2.38. The number of halogens is 6. The van der Waals surface area contributed by atoms with Gasteiger partial charge >= 0.3 is 12.4 Å². The molecule has 0 heterocycles. The van der Waals surface area contributed by atoms with Crippen LogP contribution in [0.15, 0.2) is 18.2 Å². The third kappa shape index (κ3) is 4.99. The van der Waals surface area contributed by atoms with Crippen LogP contribution < -0.4 is 0 Å². The second-order valence-electron chi connectivity index (χ2n) is 6.71. The third-order valence-electron chi connectivity index (χ3n) is 4.46. The SMILES string of the molecule is CC(C)[Si](O)(CCc1cc(C(F)(F)F)cc(C(F)(F)F)c1)C(C)C. The maximum Gasteiger partial charge on any atom is 0.416 e. The van der Waals surface area contributed by atoms with E-state index in [-0.39, 0.29) is 35.2 Å². The number of hydrogen-bond acceptors (Lipinski definition) is 1. The Bertz CT molecular complexity index is 522. The van der Waals surface area contributed by atoms with E-state index < -0.39 is 31.8 Å². The van der Waals surface area contributed by atoms with Crippen molar-refractivity contribution in [2.75, 3.05) is 0 Å². The van der Waals surface area contributed by atoms with Gasteiger partial charge in [0, 0.05) is 0 Å². The Morgan fingerprint density at radius 3 is 1.50 bits per heavy atom.